The molecule has 1 aliphatic carbocycles. The van der Waals surface area contributed by atoms with E-state index in [-0.39, 0.29) is 11.7 Å². The number of halogens is 1. The monoisotopic (exact) mass is 397 g/mol. The molecule has 0 saturated heterocycles. The summed E-state index contributed by atoms with van der Waals surface area (Å²) in [5.41, 5.74) is 2.66. The highest BCUT2D eigenvalue weighted by Gasteiger charge is 2.29. The van der Waals surface area contributed by atoms with Crippen molar-refractivity contribution in [3.63, 3.8) is 0 Å². The van der Waals surface area contributed by atoms with Crippen LogP contribution in [0.1, 0.15) is 33.1 Å². The van der Waals surface area contributed by atoms with Crippen LogP contribution in [0.25, 0.3) is 16.8 Å². The second-order valence-corrected chi connectivity index (χ2v) is 7.80. The molecule has 146 valence electrons. The fraction of sp³-hybridized carbons (Fsp3) is 0.364. The van der Waals surface area contributed by atoms with Gasteiger partial charge in [0.2, 0.25) is 0 Å². The van der Waals surface area contributed by atoms with Crippen LogP contribution in [-0.2, 0) is 6.54 Å². The second-order valence-electron chi connectivity index (χ2n) is 7.39. The summed E-state index contributed by atoms with van der Waals surface area (Å²) in [6, 6.07) is 9.15. The standard InChI is InChI=1S/C22H24ClN3O2/c1-3-10-25-14-18(6-9-22(25)27)26-13-17(12-24-26)20-8-7-19(11-21(20)23)28-15(2)16-4-5-16/h6-9,11-16H,3-5,10H2,1-2H3/t15-/m1/s1. The van der Waals surface area contributed by atoms with Gasteiger partial charge in [0.05, 0.1) is 23.0 Å². The van der Waals surface area contributed by atoms with Gasteiger partial charge in [-0.2, -0.15) is 5.10 Å². The largest absolute Gasteiger partial charge is 0.490 e. The smallest absolute Gasteiger partial charge is 0.250 e. The maximum Gasteiger partial charge on any atom is 0.250 e. The molecule has 1 saturated carbocycles. The van der Waals surface area contributed by atoms with Crippen molar-refractivity contribution in [2.75, 3.05) is 0 Å². The van der Waals surface area contributed by atoms with E-state index in [0.29, 0.717) is 17.5 Å². The van der Waals surface area contributed by atoms with Crippen LogP contribution in [0.15, 0.2) is 53.7 Å². The first-order valence-electron chi connectivity index (χ1n) is 9.77. The minimum Gasteiger partial charge on any atom is -0.490 e. The Morgan fingerprint density at radius 1 is 1.25 bits per heavy atom. The van der Waals surface area contributed by atoms with Gasteiger partial charge in [-0.25, -0.2) is 4.68 Å². The van der Waals surface area contributed by atoms with Crippen LogP contribution < -0.4 is 10.3 Å². The summed E-state index contributed by atoms with van der Waals surface area (Å²) in [7, 11) is 0. The summed E-state index contributed by atoms with van der Waals surface area (Å²) >= 11 is 6.52. The SMILES string of the molecule is CCCn1cc(-n2cc(-c3ccc(O[C@H](C)C4CC4)cc3Cl)cn2)ccc1=O. The van der Waals surface area contributed by atoms with Crippen LogP contribution in [0.3, 0.4) is 0 Å². The summed E-state index contributed by atoms with van der Waals surface area (Å²) in [5.74, 6) is 1.47. The molecule has 0 spiro atoms. The van der Waals surface area contributed by atoms with Gasteiger partial charge in [0.1, 0.15) is 5.75 Å². The zero-order valence-corrected chi connectivity index (χ0v) is 16.9. The normalized spacial score (nSPS) is 14.8. The molecule has 5 nitrogen and oxygen atoms in total. The lowest BCUT2D eigenvalue weighted by atomic mass is 10.1. The van der Waals surface area contributed by atoms with E-state index in [9.17, 15) is 4.79 Å². The van der Waals surface area contributed by atoms with Crippen molar-refractivity contribution in [2.45, 2.75) is 45.8 Å². The van der Waals surface area contributed by atoms with Gasteiger partial charge in [0, 0.05) is 36.1 Å². The van der Waals surface area contributed by atoms with E-state index < -0.39 is 0 Å². The van der Waals surface area contributed by atoms with Crippen LogP contribution in [0.2, 0.25) is 5.02 Å². The average molecular weight is 398 g/mol. The van der Waals surface area contributed by atoms with E-state index in [4.69, 9.17) is 16.3 Å². The summed E-state index contributed by atoms with van der Waals surface area (Å²) in [5, 5.41) is 5.08. The summed E-state index contributed by atoms with van der Waals surface area (Å²) in [4.78, 5) is 11.9. The average Bonchev–Trinajstić information content (AvgIpc) is 3.42. The highest BCUT2D eigenvalue weighted by molar-refractivity contribution is 6.33. The van der Waals surface area contributed by atoms with Crippen LogP contribution in [0.4, 0.5) is 0 Å². The number of aryl methyl sites for hydroxylation is 1. The molecule has 0 aliphatic heterocycles. The number of nitrogens with zero attached hydrogens (tertiary/aromatic N) is 3. The Labute approximate surface area is 169 Å². The Balaban J connectivity index is 1.57. The van der Waals surface area contributed by atoms with Crippen molar-refractivity contribution in [3.8, 4) is 22.6 Å². The van der Waals surface area contributed by atoms with Gasteiger partial charge < -0.3 is 9.30 Å². The molecule has 4 rings (SSSR count). The Kier molecular flexibility index (Phi) is 5.27. The van der Waals surface area contributed by atoms with Gasteiger partial charge in [-0.3, -0.25) is 4.79 Å². The van der Waals surface area contributed by atoms with E-state index in [1.165, 1.54) is 12.8 Å². The Bertz CT molecular complexity index is 1040. The van der Waals surface area contributed by atoms with Gasteiger partial charge >= 0.3 is 0 Å². The van der Waals surface area contributed by atoms with E-state index in [0.717, 1.165) is 29.0 Å². The predicted octanol–water partition coefficient (Wildman–Crippen LogP) is 4.94. The lowest BCUT2D eigenvalue weighted by Gasteiger charge is -2.14. The Morgan fingerprint density at radius 2 is 2.07 bits per heavy atom. The van der Waals surface area contributed by atoms with Gasteiger partial charge in [0.15, 0.2) is 0 Å². The van der Waals surface area contributed by atoms with Gasteiger partial charge in [-0.05, 0) is 56.4 Å². The van der Waals surface area contributed by atoms with Crippen molar-refractivity contribution in [1.29, 1.82) is 0 Å². The Morgan fingerprint density at radius 3 is 2.79 bits per heavy atom. The van der Waals surface area contributed by atoms with E-state index in [1.807, 2.05) is 37.5 Å². The zero-order valence-electron chi connectivity index (χ0n) is 16.1. The molecule has 1 atom stereocenters. The number of hydrogen-bond acceptors (Lipinski definition) is 3. The van der Waals surface area contributed by atoms with Crippen molar-refractivity contribution < 1.29 is 4.74 Å². The molecule has 3 aromatic rings. The van der Waals surface area contributed by atoms with E-state index >= 15 is 0 Å². The minimum absolute atomic E-state index is 0.00274. The number of ether oxygens (including phenoxy) is 1. The molecular weight excluding hydrogens is 374 g/mol. The van der Waals surface area contributed by atoms with Crippen LogP contribution >= 0.6 is 11.6 Å². The number of hydrogen-bond donors (Lipinski definition) is 0. The molecule has 6 heteroatoms. The molecule has 0 amide bonds. The maximum absolute atomic E-state index is 11.9. The molecule has 1 fully saturated rings. The van der Waals surface area contributed by atoms with Crippen molar-refractivity contribution >= 4 is 11.6 Å². The molecule has 0 unspecified atom stereocenters. The molecule has 1 aliphatic rings. The minimum atomic E-state index is -0.00274. The van der Waals surface area contributed by atoms with Crippen LogP contribution in [-0.4, -0.2) is 20.5 Å². The van der Waals surface area contributed by atoms with Crippen molar-refractivity contribution in [1.82, 2.24) is 14.3 Å². The molecule has 2 aromatic heterocycles. The molecule has 0 N–H and O–H groups in total. The molecular formula is C22H24ClN3O2. The van der Waals surface area contributed by atoms with E-state index in [1.54, 1.807) is 27.6 Å². The Hall–Kier alpha value is -2.53. The van der Waals surface area contributed by atoms with Crippen molar-refractivity contribution in [2.24, 2.45) is 5.92 Å². The number of benzene rings is 1. The first-order chi connectivity index (χ1) is 13.5. The number of rotatable bonds is 7. The molecule has 0 bridgehead atoms. The van der Waals surface area contributed by atoms with Gasteiger partial charge in [-0.1, -0.05) is 18.5 Å². The van der Waals surface area contributed by atoms with E-state index in [2.05, 4.69) is 12.0 Å². The lowest BCUT2D eigenvalue weighted by Crippen LogP contribution is -2.19. The van der Waals surface area contributed by atoms with Crippen LogP contribution in [0, 0.1) is 5.92 Å². The molecule has 1 aromatic carbocycles. The quantitative estimate of drug-likeness (QED) is 0.567. The van der Waals surface area contributed by atoms with Gasteiger partial charge in [-0.15, -0.1) is 0 Å². The van der Waals surface area contributed by atoms with Crippen LogP contribution in [0.5, 0.6) is 5.75 Å². The first-order valence-corrected chi connectivity index (χ1v) is 10.1. The first kappa shape index (κ1) is 18.8. The third-order valence-corrected chi connectivity index (χ3v) is 5.45. The fourth-order valence-corrected chi connectivity index (χ4v) is 3.63. The molecule has 28 heavy (non-hydrogen) atoms. The summed E-state index contributed by atoms with van der Waals surface area (Å²) in [6.45, 7) is 4.85. The molecule has 2 heterocycles. The third-order valence-electron chi connectivity index (χ3n) is 5.14. The maximum atomic E-state index is 11.9. The second kappa shape index (κ2) is 7.84. The highest BCUT2D eigenvalue weighted by atomic mass is 35.5. The molecule has 0 radical (unpaired) electrons. The van der Waals surface area contributed by atoms with Gasteiger partial charge in [0.25, 0.3) is 5.56 Å². The highest BCUT2D eigenvalue weighted by Crippen LogP contribution is 2.36. The zero-order chi connectivity index (χ0) is 19.7. The number of aromatic nitrogens is 3. The fourth-order valence-electron chi connectivity index (χ4n) is 3.35. The summed E-state index contributed by atoms with van der Waals surface area (Å²) < 4.78 is 9.46. The third kappa shape index (κ3) is 3.99. The van der Waals surface area contributed by atoms with Crippen molar-refractivity contribution in [3.05, 3.63) is 64.3 Å². The summed E-state index contributed by atoms with van der Waals surface area (Å²) in [6.07, 6.45) is 9.16. The lowest BCUT2D eigenvalue weighted by molar-refractivity contribution is 0.198. The predicted molar refractivity (Wildman–Crippen MR) is 111 cm³/mol. The number of pyridine rings is 1. The topological polar surface area (TPSA) is 49.0 Å².